The molecule has 0 saturated carbocycles. The molecular weight excluding hydrogens is 226 g/mol. The van der Waals surface area contributed by atoms with Gasteiger partial charge in [0.2, 0.25) is 0 Å². The second kappa shape index (κ2) is 5.64. The minimum atomic E-state index is -1.67. The van der Waals surface area contributed by atoms with Crippen LogP contribution in [0.3, 0.4) is 0 Å². The maximum atomic E-state index is 10.6. The van der Waals surface area contributed by atoms with E-state index in [9.17, 15) is 9.59 Å². The number of hydrogen-bond donors (Lipinski definition) is 2. The number of benzene rings is 1. The first-order chi connectivity index (χ1) is 8.06. The van der Waals surface area contributed by atoms with Crippen LogP contribution in [0.25, 0.3) is 0 Å². The zero-order chi connectivity index (χ0) is 12.8. The van der Waals surface area contributed by atoms with Gasteiger partial charge in [-0.1, -0.05) is 12.1 Å². The van der Waals surface area contributed by atoms with Gasteiger partial charge in [0.25, 0.3) is 0 Å². The van der Waals surface area contributed by atoms with Gasteiger partial charge in [-0.25, -0.2) is 0 Å². The van der Waals surface area contributed by atoms with Crippen LogP contribution in [0, 0.1) is 5.92 Å². The quantitative estimate of drug-likeness (QED) is 0.592. The lowest BCUT2D eigenvalue weighted by atomic mass is 10.2. The minimum Gasteiger partial charge on any atom is -0.494 e. The van der Waals surface area contributed by atoms with E-state index in [2.05, 4.69) is 4.99 Å². The summed E-state index contributed by atoms with van der Waals surface area (Å²) in [6.07, 6.45) is 0.864. The fourth-order valence-electron chi connectivity index (χ4n) is 1.12. The summed E-state index contributed by atoms with van der Waals surface area (Å²) in [6.45, 7) is 0. The van der Waals surface area contributed by atoms with Gasteiger partial charge in [-0.2, -0.15) is 0 Å². The molecule has 0 spiro atoms. The molecular formula is C11H11NO5. The van der Waals surface area contributed by atoms with E-state index in [1.54, 1.807) is 24.3 Å². The van der Waals surface area contributed by atoms with E-state index in [-0.39, 0.29) is 0 Å². The highest BCUT2D eigenvalue weighted by molar-refractivity contribution is 6.08. The lowest BCUT2D eigenvalue weighted by Crippen LogP contribution is -2.24. The fourth-order valence-corrected chi connectivity index (χ4v) is 1.12. The molecule has 0 radical (unpaired) electrons. The number of nitrogens with zero attached hydrogens (tertiary/aromatic N) is 1. The standard InChI is InChI=1S/C11H11NO5/c1-17-9-5-3-2-4-8(9)12-6-7(10(13)14)11(15)16/h2-7H,1H3,(H,13,14)(H,15,16). The molecule has 0 fully saturated rings. The predicted octanol–water partition coefficient (Wildman–Crippen LogP) is 1.18. The van der Waals surface area contributed by atoms with Crippen molar-refractivity contribution in [2.45, 2.75) is 0 Å². The predicted molar refractivity (Wildman–Crippen MR) is 59.9 cm³/mol. The number of aliphatic imine (C=N–C) groups is 1. The SMILES string of the molecule is COc1ccccc1N=CC(C(=O)O)C(=O)O. The molecule has 0 amide bonds. The summed E-state index contributed by atoms with van der Waals surface area (Å²) in [4.78, 5) is 25.0. The largest absolute Gasteiger partial charge is 0.494 e. The van der Waals surface area contributed by atoms with Gasteiger partial charge in [0.05, 0.1) is 7.11 Å². The Morgan fingerprint density at radius 3 is 2.41 bits per heavy atom. The maximum absolute atomic E-state index is 10.6. The van der Waals surface area contributed by atoms with Gasteiger partial charge in [-0.05, 0) is 12.1 Å². The monoisotopic (exact) mass is 237 g/mol. The van der Waals surface area contributed by atoms with Crippen LogP contribution < -0.4 is 4.74 Å². The van der Waals surface area contributed by atoms with Crippen molar-refractivity contribution < 1.29 is 24.5 Å². The molecule has 6 nitrogen and oxygen atoms in total. The van der Waals surface area contributed by atoms with Crippen LogP contribution in [0.15, 0.2) is 29.3 Å². The molecule has 2 N–H and O–H groups in total. The van der Waals surface area contributed by atoms with E-state index in [0.29, 0.717) is 11.4 Å². The van der Waals surface area contributed by atoms with Crippen LogP contribution in [0.2, 0.25) is 0 Å². The number of hydrogen-bond acceptors (Lipinski definition) is 4. The van der Waals surface area contributed by atoms with Gasteiger partial charge < -0.3 is 14.9 Å². The van der Waals surface area contributed by atoms with Crippen LogP contribution >= 0.6 is 0 Å². The zero-order valence-electron chi connectivity index (χ0n) is 9.03. The number of carbonyl (C=O) groups is 2. The zero-order valence-corrected chi connectivity index (χ0v) is 9.03. The van der Waals surface area contributed by atoms with Gasteiger partial charge in [0.1, 0.15) is 11.4 Å². The average Bonchev–Trinajstić information content (AvgIpc) is 2.29. The number of para-hydroxylation sites is 2. The van der Waals surface area contributed by atoms with Crippen molar-refractivity contribution in [3.63, 3.8) is 0 Å². The molecule has 0 bridgehead atoms. The van der Waals surface area contributed by atoms with Crippen molar-refractivity contribution in [1.82, 2.24) is 0 Å². The average molecular weight is 237 g/mol. The Bertz CT molecular complexity index is 441. The Morgan fingerprint density at radius 1 is 1.29 bits per heavy atom. The molecule has 0 atom stereocenters. The third-order valence-corrected chi connectivity index (χ3v) is 1.98. The summed E-state index contributed by atoms with van der Waals surface area (Å²) in [5, 5.41) is 17.3. The first kappa shape index (κ1) is 12.7. The first-order valence-corrected chi connectivity index (χ1v) is 4.69. The van der Waals surface area contributed by atoms with E-state index < -0.39 is 17.9 Å². The first-order valence-electron chi connectivity index (χ1n) is 4.69. The third kappa shape index (κ3) is 3.30. The lowest BCUT2D eigenvalue weighted by Gasteiger charge is -2.04. The number of methoxy groups -OCH3 is 1. The summed E-state index contributed by atoms with van der Waals surface area (Å²) in [5.74, 6) is -4.15. The summed E-state index contributed by atoms with van der Waals surface area (Å²) >= 11 is 0. The highest BCUT2D eigenvalue weighted by Crippen LogP contribution is 2.25. The molecule has 1 rings (SSSR count). The highest BCUT2D eigenvalue weighted by Gasteiger charge is 2.23. The summed E-state index contributed by atoms with van der Waals surface area (Å²) < 4.78 is 4.99. The molecule has 0 unspecified atom stereocenters. The molecule has 1 aromatic carbocycles. The number of aliphatic carboxylic acids is 2. The number of rotatable bonds is 5. The van der Waals surface area contributed by atoms with Gasteiger partial charge in [-0.15, -0.1) is 0 Å². The van der Waals surface area contributed by atoms with E-state index in [4.69, 9.17) is 14.9 Å². The number of ether oxygens (including phenoxy) is 1. The van der Waals surface area contributed by atoms with E-state index in [1.807, 2.05) is 0 Å². The van der Waals surface area contributed by atoms with Crippen molar-refractivity contribution >= 4 is 23.8 Å². The summed E-state index contributed by atoms with van der Waals surface area (Å²) in [7, 11) is 1.44. The molecule has 0 aromatic heterocycles. The minimum absolute atomic E-state index is 0.377. The Hall–Kier alpha value is -2.37. The molecule has 0 aliphatic heterocycles. The van der Waals surface area contributed by atoms with Crippen LogP contribution in [-0.2, 0) is 9.59 Å². The van der Waals surface area contributed by atoms with Crippen molar-refractivity contribution in [2.75, 3.05) is 7.11 Å². The molecule has 0 aliphatic carbocycles. The smallest absolute Gasteiger partial charge is 0.323 e. The normalized spacial score (nSPS) is 10.7. The van der Waals surface area contributed by atoms with E-state index in [1.165, 1.54) is 7.11 Å². The Morgan fingerprint density at radius 2 is 1.88 bits per heavy atom. The van der Waals surface area contributed by atoms with Gasteiger partial charge in [0.15, 0.2) is 5.92 Å². The number of carboxylic acid groups (broad SMARTS) is 2. The van der Waals surface area contributed by atoms with Crippen molar-refractivity contribution in [1.29, 1.82) is 0 Å². The van der Waals surface area contributed by atoms with E-state index in [0.717, 1.165) is 6.21 Å². The van der Waals surface area contributed by atoms with Crippen molar-refractivity contribution in [3.05, 3.63) is 24.3 Å². The molecule has 6 heteroatoms. The maximum Gasteiger partial charge on any atom is 0.323 e. The molecule has 0 aliphatic rings. The molecule has 0 saturated heterocycles. The Labute approximate surface area is 97.2 Å². The summed E-state index contributed by atoms with van der Waals surface area (Å²) in [5.41, 5.74) is 0.377. The van der Waals surface area contributed by atoms with Gasteiger partial charge >= 0.3 is 11.9 Å². The molecule has 90 valence electrons. The van der Waals surface area contributed by atoms with E-state index >= 15 is 0 Å². The Kier molecular flexibility index (Phi) is 4.21. The topological polar surface area (TPSA) is 96.2 Å². The Balaban J connectivity index is 2.96. The molecule has 17 heavy (non-hydrogen) atoms. The molecule has 0 heterocycles. The van der Waals surface area contributed by atoms with Crippen LogP contribution in [0.1, 0.15) is 0 Å². The highest BCUT2D eigenvalue weighted by atomic mass is 16.5. The second-order valence-electron chi connectivity index (χ2n) is 3.10. The van der Waals surface area contributed by atoms with Gasteiger partial charge in [-0.3, -0.25) is 14.6 Å². The third-order valence-electron chi connectivity index (χ3n) is 1.98. The molecule has 1 aromatic rings. The van der Waals surface area contributed by atoms with Gasteiger partial charge in [0, 0.05) is 6.21 Å². The van der Waals surface area contributed by atoms with Crippen molar-refractivity contribution in [3.8, 4) is 5.75 Å². The van der Waals surface area contributed by atoms with Crippen LogP contribution in [0.4, 0.5) is 5.69 Å². The summed E-state index contributed by atoms with van der Waals surface area (Å²) in [6, 6.07) is 6.65. The number of carboxylic acids is 2. The lowest BCUT2D eigenvalue weighted by molar-refractivity contribution is -0.150. The second-order valence-corrected chi connectivity index (χ2v) is 3.10. The van der Waals surface area contributed by atoms with Crippen LogP contribution in [-0.4, -0.2) is 35.5 Å². The fraction of sp³-hybridized carbons (Fsp3) is 0.182. The van der Waals surface area contributed by atoms with Crippen molar-refractivity contribution in [2.24, 2.45) is 10.9 Å². The van der Waals surface area contributed by atoms with Crippen LogP contribution in [0.5, 0.6) is 5.75 Å².